The number of carbonyl (C=O) groups is 1. The minimum Gasteiger partial charge on any atom is -0.366 e. The van der Waals surface area contributed by atoms with Gasteiger partial charge in [0.15, 0.2) is 0 Å². The van der Waals surface area contributed by atoms with Gasteiger partial charge in [-0.1, -0.05) is 24.4 Å². The van der Waals surface area contributed by atoms with Crippen molar-refractivity contribution in [2.45, 2.75) is 25.7 Å². The van der Waals surface area contributed by atoms with Gasteiger partial charge in [0.25, 0.3) is 5.91 Å². The van der Waals surface area contributed by atoms with E-state index >= 15 is 0 Å². The lowest BCUT2D eigenvalue weighted by molar-refractivity contribution is 0.0999. The number of halogens is 1. The quantitative estimate of drug-likeness (QED) is 0.797. The highest BCUT2D eigenvalue weighted by molar-refractivity contribution is 6.29. The van der Waals surface area contributed by atoms with Gasteiger partial charge in [0.2, 0.25) is 0 Å². The van der Waals surface area contributed by atoms with Crippen LogP contribution >= 0.6 is 11.6 Å². The molecular weight excluding hydrogens is 212 g/mol. The first-order valence-electron chi connectivity index (χ1n) is 5.12. The lowest BCUT2D eigenvalue weighted by Gasteiger charge is -2.05. The van der Waals surface area contributed by atoms with Crippen LogP contribution in [0.1, 0.15) is 35.3 Å². The number of primary amides is 1. The zero-order valence-corrected chi connectivity index (χ0v) is 9.13. The monoisotopic (exact) mass is 224 g/mol. The summed E-state index contributed by atoms with van der Waals surface area (Å²) in [6.45, 7) is 0. The van der Waals surface area contributed by atoms with E-state index in [4.69, 9.17) is 17.3 Å². The van der Waals surface area contributed by atoms with Crippen LogP contribution < -0.4 is 5.73 Å². The molecule has 0 aromatic carbocycles. The highest BCUT2D eigenvalue weighted by Gasteiger charge is 2.22. The summed E-state index contributed by atoms with van der Waals surface area (Å²) in [6.07, 6.45) is 4.47. The van der Waals surface area contributed by atoms with Crippen molar-refractivity contribution < 1.29 is 4.79 Å². The van der Waals surface area contributed by atoms with Gasteiger partial charge in [-0.2, -0.15) is 0 Å². The standard InChI is InChI=1S/C11H13ClN2O/c12-10-6-4-8(11(13)15)9(14-10)5-3-7-1-2-7/h4,6-7H,1-3,5H2,(H2,13,15). The highest BCUT2D eigenvalue weighted by Crippen LogP contribution is 2.33. The van der Waals surface area contributed by atoms with Gasteiger partial charge in [0.1, 0.15) is 5.15 Å². The average molecular weight is 225 g/mol. The van der Waals surface area contributed by atoms with Gasteiger partial charge < -0.3 is 5.73 Å². The number of aryl methyl sites for hydroxylation is 1. The van der Waals surface area contributed by atoms with E-state index in [0.29, 0.717) is 10.7 Å². The van der Waals surface area contributed by atoms with Gasteiger partial charge in [-0.25, -0.2) is 4.98 Å². The molecule has 1 fully saturated rings. The Hall–Kier alpha value is -1.09. The predicted octanol–water partition coefficient (Wildman–Crippen LogP) is 2.18. The zero-order chi connectivity index (χ0) is 10.8. The third-order valence-electron chi connectivity index (χ3n) is 2.69. The first kappa shape index (κ1) is 10.4. The van der Waals surface area contributed by atoms with E-state index in [0.717, 1.165) is 24.5 Å². The Balaban J connectivity index is 2.16. The number of hydrogen-bond acceptors (Lipinski definition) is 2. The molecule has 0 spiro atoms. The molecule has 1 aliphatic rings. The Morgan fingerprint density at radius 1 is 1.53 bits per heavy atom. The van der Waals surface area contributed by atoms with Crippen LogP contribution in [-0.2, 0) is 6.42 Å². The SMILES string of the molecule is NC(=O)c1ccc(Cl)nc1CCC1CC1. The molecule has 1 aliphatic carbocycles. The van der Waals surface area contributed by atoms with Gasteiger partial charge in [0.05, 0.1) is 11.3 Å². The van der Waals surface area contributed by atoms with E-state index in [9.17, 15) is 4.79 Å². The Bertz CT molecular complexity index is 388. The van der Waals surface area contributed by atoms with Crippen LogP contribution in [0.4, 0.5) is 0 Å². The molecule has 80 valence electrons. The van der Waals surface area contributed by atoms with E-state index in [1.54, 1.807) is 12.1 Å². The predicted molar refractivity (Wildman–Crippen MR) is 58.8 cm³/mol. The van der Waals surface area contributed by atoms with Gasteiger partial charge in [0, 0.05) is 0 Å². The molecule has 1 aromatic heterocycles. The van der Waals surface area contributed by atoms with Crippen LogP contribution in [0.5, 0.6) is 0 Å². The molecule has 4 heteroatoms. The van der Waals surface area contributed by atoms with Gasteiger partial charge >= 0.3 is 0 Å². The van der Waals surface area contributed by atoms with Crippen molar-refractivity contribution in [3.8, 4) is 0 Å². The minimum atomic E-state index is -0.426. The maximum atomic E-state index is 11.1. The summed E-state index contributed by atoms with van der Waals surface area (Å²) in [5, 5.41) is 0.422. The molecule has 15 heavy (non-hydrogen) atoms. The van der Waals surface area contributed by atoms with Gasteiger partial charge in [-0.3, -0.25) is 4.79 Å². The van der Waals surface area contributed by atoms with Crippen molar-refractivity contribution in [2.24, 2.45) is 11.7 Å². The van der Waals surface area contributed by atoms with Crippen molar-refractivity contribution >= 4 is 17.5 Å². The van der Waals surface area contributed by atoms with Crippen molar-refractivity contribution in [3.05, 3.63) is 28.5 Å². The summed E-state index contributed by atoms with van der Waals surface area (Å²) < 4.78 is 0. The van der Waals surface area contributed by atoms with Crippen molar-refractivity contribution in [1.82, 2.24) is 4.98 Å². The maximum absolute atomic E-state index is 11.1. The molecule has 3 nitrogen and oxygen atoms in total. The topological polar surface area (TPSA) is 56.0 Å². The molecule has 1 aromatic rings. The largest absolute Gasteiger partial charge is 0.366 e. The van der Waals surface area contributed by atoms with Crippen LogP contribution in [0.2, 0.25) is 5.15 Å². The fraction of sp³-hybridized carbons (Fsp3) is 0.455. The molecule has 0 unspecified atom stereocenters. The molecule has 1 heterocycles. The number of carbonyl (C=O) groups excluding carboxylic acids is 1. The average Bonchev–Trinajstić information content (AvgIpc) is 2.97. The lowest BCUT2D eigenvalue weighted by Crippen LogP contribution is -2.15. The number of nitrogens with zero attached hydrogens (tertiary/aromatic N) is 1. The van der Waals surface area contributed by atoms with Gasteiger partial charge in [-0.15, -0.1) is 0 Å². The van der Waals surface area contributed by atoms with Crippen LogP contribution in [-0.4, -0.2) is 10.9 Å². The third-order valence-corrected chi connectivity index (χ3v) is 2.90. The Kier molecular flexibility index (Phi) is 2.91. The van der Waals surface area contributed by atoms with Crippen molar-refractivity contribution in [2.75, 3.05) is 0 Å². The summed E-state index contributed by atoms with van der Waals surface area (Å²) in [5.41, 5.74) is 6.50. The van der Waals surface area contributed by atoms with E-state index in [-0.39, 0.29) is 0 Å². The van der Waals surface area contributed by atoms with E-state index in [2.05, 4.69) is 4.98 Å². The molecule has 1 amide bonds. The second kappa shape index (κ2) is 4.19. The molecule has 1 saturated carbocycles. The summed E-state index contributed by atoms with van der Waals surface area (Å²) in [6, 6.07) is 3.25. The lowest BCUT2D eigenvalue weighted by atomic mass is 10.1. The summed E-state index contributed by atoms with van der Waals surface area (Å²) in [4.78, 5) is 15.3. The van der Waals surface area contributed by atoms with Crippen molar-refractivity contribution in [3.63, 3.8) is 0 Å². The smallest absolute Gasteiger partial charge is 0.250 e. The molecule has 2 rings (SSSR count). The highest BCUT2D eigenvalue weighted by atomic mass is 35.5. The third kappa shape index (κ3) is 2.69. The number of hydrogen-bond donors (Lipinski definition) is 1. The van der Waals surface area contributed by atoms with Crippen molar-refractivity contribution in [1.29, 1.82) is 0 Å². The second-order valence-electron chi connectivity index (χ2n) is 3.97. The summed E-state index contributed by atoms with van der Waals surface area (Å²) >= 11 is 5.79. The zero-order valence-electron chi connectivity index (χ0n) is 8.37. The molecule has 0 bridgehead atoms. The molecule has 0 saturated heterocycles. The normalized spacial score (nSPS) is 15.3. The van der Waals surface area contributed by atoms with E-state index in [1.165, 1.54) is 12.8 Å². The second-order valence-corrected chi connectivity index (χ2v) is 4.36. The Morgan fingerprint density at radius 3 is 2.87 bits per heavy atom. The number of pyridine rings is 1. The fourth-order valence-corrected chi connectivity index (χ4v) is 1.80. The number of aromatic nitrogens is 1. The van der Waals surface area contributed by atoms with E-state index < -0.39 is 5.91 Å². The molecular formula is C11H13ClN2O. The van der Waals surface area contributed by atoms with Gasteiger partial charge in [-0.05, 0) is 30.9 Å². The Morgan fingerprint density at radius 2 is 2.27 bits per heavy atom. The first-order chi connectivity index (χ1) is 7.16. The minimum absolute atomic E-state index is 0.422. The van der Waals surface area contributed by atoms with Crippen LogP contribution in [0.15, 0.2) is 12.1 Å². The molecule has 2 N–H and O–H groups in total. The number of amides is 1. The maximum Gasteiger partial charge on any atom is 0.250 e. The van der Waals surface area contributed by atoms with Crippen LogP contribution in [0.25, 0.3) is 0 Å². The van der Waals surface area contributed by atoms with Crippen LogP contribution in [0.3, 0.4) is 0 Å². The van der Waals surface area contributed by atoms with E-state index in [1.807, 2.05) is 0 Å². The molecule has 0 radical (unpaired) electrons. The molecule has 0 atom stereocenters. The fourth-order valence-electron chi connectivity index (χ4n) is 1.64. The first-order valence-corrected chi connectivity index (χ1v) is 5.50. The summed E-state index contributed by atoms with van der Waals surface area (Å²) in [5.74, 6) is 0.386. The summed E-state index contributed by atoms with van der Waals surface area (Å²) in [7, 11) is 0. The number of nitrogens with two attached hydrogens (primary N) is 1. The van der Waals surface area contributed by atoms with Crippen LogP contribution in [0, 0.1) is 5.92 Å². The number of rotatable bonds is 4. The Labute approximate surface area is 93.6 Å². The molecule has 0 aliphatic heterocycles.